The van der Waals surface area contributed by atoms with E-state index in [0.717, 1.165) is 12.0 Å². The lowest BCUT2D eigenvalue weighted by Crippen LogP contribution is -2.15. The topological polar surface area (TPSA) is 29.1 Å². The summed E-state index contributed by atoms with van der Waals surface area (Å²) in [6, 6.07) is 9.69. The van der Waals surface area contributed by atoms with Gasteiger partial charge in [-0.2, -0.15) is 0 Å². The fourth-order valence-electron chi connectivity index (χ4n) is 2.25. The SMILES string of the molecule is O=C1CC(C[C@H](CF)c2ccccc2)CN1. The second-order valence-corrected chi connectivity index (χ2v) is 4.37. The highest BCUT2D eigenvalue weighted by molar-refractivity contribution is 5.78. The van der Waals surface area contributed by atoms with E-state index in [9.17, 15) is 9.18 Å². The van der Waals surface area contributed by atoms with Crippen LogP contribution in [0.3, 0.4) is 0 Å². The zero-order valence-electron chi connectivity index (χ0n) is 9.16. The van der Waals surface area contributed by atoms with E-state index in [4.69, 9.17) is 0 Å². The van der Waals surface area contributed by atoms with Gasteiger partial charge in [0.05, 0.1) is 6.67 Å². The zero-order chi connectivity index (χ0) is 11.4. The van der Waals surface area contributed by atoms with Crippen molar-refractivity contribution in [2.24, 2.45) is 5.92 Å². The molecule has 1 heterocycles. The van der Waals surface area contributed by atoms with Gasteiger partial charge in [-0.05, 0) is 17.9 Å². The monoisotopic (exact) mass is 221 g/mol. The number of rotatable bonds is 4. The minimum absolute atomic E-state index is 0.0705. The predicted octanol–water partition coefficient (Wildman–Crippen LogP) is 2.27. The van der Waals surface area contributed by atoms with Crippen molar-refractivity contribution in [2.75, 3.05) is 13.2 Å². The molecule has 1 aromatic rings. The van der Waals surface area contributed by atoms with Crippen LogP contribution >= 0.6 is 0 Å². The van der Waals surface area contributed by atoms with Crippen molar-refractivity contribution in [1.82, 2.24) is 5.32 Å². The molecule has 1 aliphatic heterocycles. The van der Waals surface area contributed by atoms with Crippen LogP contribution in [0.1, 0.15) is 24.3 Å². The lowest BCUT2D eigenvalue weighted by atomic mass is 9.89. The first-order valence-corrected chi connectivity index (χ1v) is 5.67. The van der Waals surface area contributed by atoms with E-state index in [0.29, 0.717) is 13.0 Å². The minimum atomic E-state index is -0.352. The molecule has 0 bridgehead atoms. The van der Waals surface area contributed by atoms with E-state index in [-0.39, 0.29) is 24.4 Å². The van der Waals surface area contributed by atoms with Crippen LogP contribution in [0.2, 0.25) is 0 Å². The minimum Gasteiger partial charge on any atom is -0.356 e. The molecule has 0 aromatic heterocycles. The van der Waals surface area contributed by atoms with Crippen LogP contribution in [0.4, 0.5) is 4.39 Å². The molecule has 2 rings (SSSR count). The van der Waals surface area contributed by atoms with Crippen molar-refractivity contribution in [1.29, 1.82) is 0 Å². The molecule has 1 aliphatic rings. The number of hydrogen-bond acceptors (Lipinski definition) is 1. The van der Waals surface area contributed by atoms with Gasteiger partial charge in [0, 0.05) is 18.9 Å². The Morgan fingerprint density at radius 2 is 2.12 bits per heavy atom. The number of benzene rings is 1. The first-order valence-electron chi connectivity index (χ1n) is 5.67. The van der Waals surface area contributed by atoms with Gasteiger partial charge in [-0.1, -0.05) is 30.3 Å². The largest absolute Gasteiger partial charge is 0.356 e. The Hall–Kier alpha value is -1.38. The Kier molecular flexibility index (Phi) is 3.54. The summed E-state index contributed by atoms with van der Waals surface area (Å²) in [5.74, 6) is 0.308. The van der Waals surface area contributed by atoms with Gasteiger partial charge in [0.1, 0.15) is 0 Å². The summed E-state index contributed by atoms with van der Waals surface area (Å²) in [4.78, 5) is 11.1. The third-order valence-corrected chi connectivity index (χ3v) is 3.14. The van der Waals surface area contributed by atoms with E-state index in [2.05, 4.69) is 5.32 Å². The molecule has 16 heavy (non-hydrogen) atoms. The van der Waals surface area contributed by atoms with Crippen LogP contribution in [0.15, 0.2) is 30.3 Å². The zero-order valence-corrected chi connectivity index (χ0v) is 9.16. The number of nitrogens with one attached hydrogen (secondary N) is 1. The molecular weight excluding hydrogens is 205 g/mol. The van der Waals surface area contributed by atoms with Crippen molar-refractivity contribution in [3.05, 3.63) is 35.9 Å². The van der Waals surface area contributed by atoms with Gasteiger partial charge in [0.2, 0.25) is 5.91 Å². The third kappa shape index (κ3) is 2.60. The van der Waals surface area contributed by atoms with Crippen LogP contribution < -0.4 is 5.32 Å². The van der Waals surface area contributed by atoms with Crippen LogP contribution in [0, 0.1) is 5.92 Å². The third-order valence-electron chi connectivity index (χ3n) is 3.14. The standard InChI is InChI=1S/C13H16FNO/c14-8-12(11-4-2-1-3-5-11)6-10-7-13(16)15-9-10/h1-5,10,12H,6-9H2,(H,15,16)/t10?,12-/m1/s1. The number of hydrogen-bond donors (Lipinski definition) is 1. The first kappa shape index (κ1) is 11.1. The Morgan fingerprint density at radius 3 is 2.69 bits per heavy atom. The molecule has 3 heteroatoms. The van der Waals surface area contributed by atoms with E-state index in [1.807, 2.05) is 30.3 Å². The number of carbonyl (C=O) groups excluding carboxylic acids is 1. The average Bonchev–Trinajstić information content (AvgIpc) is 2.73. The molecular formula is C13H16FNO. The van der Waals surface area contributed by atoms with E-state index >= 15 is 0 Å². The fraction of sp³-hybridized carbons (Fsp3) is 0.462. The summed E-state index contributed by atoms with van der Waals surface area (Å²) in [5, 5.41) is 2.79. The normalized spacial score (nSPS) is 21.8. The summed E-state index contributed by atoms with van der Waals surface area (Å²) >= 11 is 0. The smallest absolute Gasteiger partial charge is 0.220 e. The molecule has 1 amide bonds. The Bertz CT molecular complexity index is 352. The molecule has 0 spiro atoms. The lowest BCUT2D eigenvalue weighted by molar-refractivity contribution is -0.119. The van der Waals surface area contributed by atoms with Crippen LogP contribution in [0.5, 0.6) is 0 Å². The van der Waals surface area contributed by atoms with E-state index in [1.165, 1.54) is 0 Å². The maximum atomic E-state index is 13.0. The molecule has 0 saturated carbocycles. The summed E-state index contributed by atoms with van der Waals surface area (Å²) in [6.45, 7) is 0.344. The Labute approximate surface area is 94.9 Å². The highest BCUT2D eigenvalue weighted by Gasteiger charge is 2.25. The van der Waals surface area contributed by atoms with Crippen LogP contribution in [0.25, 0.3) is 0 Å². The van der Waals surface area contributed by atoms with Crippen molar-refractivity contribution in [3.8, 4) is 0 Å². The fourth-order valence-corrected chi connectivity index (χ4v) is 2.25. The maximum absolute atomic E-state index is 13.0. The number of alkyl halides is 1. The molecule has 2 atom stereocenters. The first-order chi connectivity index (χ1) is 7.79. The highest BCUT2D eigenvalue weighted by atomic mass is 19.1. The van der Waals surface area contributed by atoms with Gasteiger partial charge in [0.25, 0.3) is 0 Å². The molecule has 0 radical (unpaired) electrons. The Balaban J connectivity index is 1.98. The van der Waals surface area contributed by atoms with Gasteiger partial charge >= 0.3 is 0 Å². The summed E-state index contributed by atoms with van der Waals surface area (Å²) in [5.41, 5.74) is 1.03. The molecule has 1 aromatic carbocycles. The van der Waals surface area contributed by atoms with Crippen molar-refractivity contribution >= 4 is 5.91 Å². The number of carbonyl (C=O) groups is 1. The second kappa shape index (κ2) is 5.10. The highest BCUT2D eigenvalue weighted by Crippen LogP contribution is 2.27. The van der Waals surface area contributed by atoms with Crippen molar-refractivity contribution in [3.63, 3.8) is 0 Å². The van der Waals surface area contributed by atoms with E-state index in [1.54, 1.807) is 0 Å². The molecule has 1 saturated heterocycles. The number of halogens is 1. The molecule has 1 N–H and O–H groups in total. The Morgan fingerprint density at radius 1 is 1.38 bits per heavy atom. The molecule has 1 unspecified atom stereocenters. The van der Waals surface area contributed by atoms with Gasteiger partial charge in [-0.3, -0.25) is 9.18 Å². The summed E-state index contributed by atoms with van der Waals surface area (Å²) in [7, 11) is 0. The van der Waals surface area contributed by atoms with Gasteiger partial charge < -0.3 is 5.32 Å². The molecule has 2 nitrogen and oxygen atoms in total. The molecule has 86 valence electrons. The predicted molar refractivity (Wildman–Crippen MR) is 60.9 cm³/mol. The molecule has 0 aliphatic carbocycles. The summed E-state index contributed by atoms with van der Waals surface area (Å²) < 4.78 is 13.0. The van der Waals surface area contributed by atoms with E-state index < -0.39 is 0 Å². The average molecular weight is 221 g/mol. The van der Waals surface area contributed by atoms with Crippen LogP contribution in [-0.4, -0.2) is 19.1 Å². The van der Waals surface area contributed by atoms with Gasteiger partial charge in [0.15, 0.2) is 0 Å². The van der Waals surface area contributed by atoms with Gasteiger partial charge in [-0.25, -0.2) is 0 Å². The van der Waals surface area contributed by atoms with Crippen molar-refractivity contribution < 1.29 is 9.18 Å². The quantitative estimate of drug-likeness (QED) is 0.830. The van der Waals surface area contributed by atoms with Crippen molar-refractivity contribution in [2.45, 2.75) is 18.8 Å². The second-order valence-electron chi connectivity index (χ2n) is 4.37. The number of amides is 1. The van der Waals surface area contributed by atoms with Gasteiger partial charge in [-0.15, -0.1) is 0 Å². The maximum Gasteiger partial charge on any atom is 0.220 e. The van der Waals surface area contributed by atoms with Crippen LogP contribution in [-0.2, 0) is 4.79 Å². The summed E-state index contributed by atoms with van der Waals surface area (Å²) in [6.07, 6.45) is 1.29. The molecule has 1 fully saturated rings. The lowest BCUT2D eigenvalue weighted by Gasteiger charge is -2.16.